The zero-order valence-corrected chi connectivity index (χ0v) is 13.8. The van der Waals surface area contributed by atoms with Gasteiger partial charge in [0.15, 0.2) is 5.78 Å². The van der Waals surface area contributed by atoms with Crippen LogP contribution in [-0.2, 0) is 7.05 Å². The van der Waals surface area contributed by atoms with E-state index in [4.69, 9.17) is 0 Å². The normalized spacial score (nSPS) is 11.0. The third-order valence-electron chi connectivity index (χ3n) is 4.02. The molecule has 0 aliphatic rings. The second-order valence-electron chi connectivity index (χ2n) is 5.98. The number of hydrogen-bond donors (Lipinski definition) is 1. The predicted octanol–water partition coefficient (Wildman–Crippen LogP) is 4.13. The number of aromatic amines is 1. The number of rotatable bonds is 11. The zero-order chi connectivity index (χ0) is 15.7. The van der Waals surface area contributed by atoms with Gasteiger partial charge in [-0.3, -0.25) is 19.4 Å². The monoisotopic (exact) mass is 294 g/mol. The molecule has 1 aromatic rings. The summed E-state index contributed by atoms with van der Waals surface area (Å²) in [7, 11) is 1.64. The van der Waals surface area contributed by atoms with Crippen LogP contribution < -0.4 is 5.56 Å². The number of aromatic nitrogens is 2. The number of aryl methyl sites for hydroxylation is 2. The van der Waals surface area contributed by atoms with Crippen molar-refractivity contribution in [1.82, 2.24) is 9.78 Å². The van der Waals surface area contributed by atoms with Crippen LogP contribution in [0.3, 0.4) is 0 Å². The van der Waals surface area contributed by atoms with Gasteiger partial charge in [0.2, 0.25) is 0 Å². The molecule has 0 unspecified atom stereocenters. The first-order valence-electron chi connectivity index (χ1n) is 8.36. The van der Waals surface area contributed by atoms with Crippen molar-refractivity contribution in [3.8, 4) is 0 Å². The lowest BCUT2D eigenvalue weighted by molar-refractivity contribution is 0.0977. The molecule has 4 heteroatoms. The molecule has 0 amide bonds. The average Bonchev–Trinajstić information content (AvgIpc) is 2.70. The number of nitrogens with one attached hydrogen (secondary N) is 1. The maximum absolute atomic E-state index is 12.1. The van der Waals surface area contributed by atoms with Gasteiger partial charge in [0.05, 0.1) is 0 Å². The number of hydrogen-bond acceptors (Lipinski definition) is 2. The summed E-state index contributed by atoms with van der Waals surface area (Å²) >= 11 is 0. The van der Waals surface area contributed by atoms with Gasteiger partial charge in [0.1, 0.15) is 5.56 Å². The highest BCUT2D eigenvalue weighted by atomic mass is 16.2. The van der Waals surface area contributed by atoms with E-state index in [9.17, 15) is 9.59 Å². The number of unbranched alkanes of at least 4 members (excludes halogenated alkanes) is 8. The molecule has 21 heavy (non-hydrogen) atoms. The summed E-state index contributed by atoms with van der Waals surface area (Å²) in [5, 5.41) is 2.88. The lowest BCUT2D eigenvalue weighted by Gasteiger charge is -2.02. The summed E-state index contributed by atoms with van der Waals surface area (Å²) in [5.41, 5.74) is 0.828. The van der Waals surface area contributed by atoms with Gasteiger partial charge < -0.3 is 0 Å². The van der Waals surface area contributed by atoms with E-state index in [0.717, 1.165) is 12.8 Å². The second-order valence-corrected chi connectivity index (χ2v) is 5.98. The molecule has 0 saturated carbocycles. The van der Waals surface area contributed by atoms with Crippen molar-refractivity contribution >= 4 is 5.78 Å². The first-order chi connectivity index (χ1) is 10.1. The third-order valence-corrected chi connectivity index (χ3v) is 4.02. The molecule has 0 aliphatic heterocycles. The summed E-state index contributed by atoms with van der Waals surface area (Å²) in [5.74, 6) is -0.0164. The van der Waals surface area contributed by atoms with Gasteiger partial charge >= 0.3 is 0 Å². The molecule has 1 N–H and O–H groups in total. The van der Waals surface area contributed by atoms with E-state index in [1.54, 1.807) is 14.0 Å². The van der Waals surface area contributed by atoms with Crippen LogP contribution in [0.15, 0.2) is 4.79 Å². The smallest absolute Gasteiger partial charge is 0.277 e. The fraction of sp³-hybridized carbons (Fsp3) is 0.765. The molecule has 1 heterocycles. The molecule has 0 saturated heterocycles. The Labute approximate surface area is 127 Å². The summed E-state index contributed by atoms with van der Waals surface area (Å²) in [6.07, 6.45) is 11.6. The Hall–Kier alpha value is -1.32. The molecule has 1 rings (SSSR count). The van der Waals surface area contributed by atoms with Gasteiger partial charge in [-0.2, -0.15) is 0 Å². The van der Waals surface area contributed by atoms with E-state index in [2.05, 4.69) is 12.0 Å². The molecule has 0 spiro atoms. The van der Waals surface area contributed by atoms with Crippen molar-refractivity contribution in [3.05, 3.63) is 21.6 Å². The largest absolute Gasteiger partial charge is 0.300 e. The van der Waals surface area contributed by atoms with Gasteiger partial charge in [0, 0.05) is 19.2 Å². The Morgan fingerprint density at radius 3 is 2.00 bits per heavy atom. The van der Waals surface area contributed by atoms with Gasteiger partial charge in [0.25, 0.3) is 5.56 Å². The molecule has 0 radical (unpaired) electrons. The van der Waals surface area contributed by atoms with Gasteiger partial charge in [-0.15, -0.1) is 0 Å². The molecule has 120 valence electrons. The number of ketones is 1. The van der Waals surface area contributed by atoms with Crippen molar-refractivity contribution in [2.45, 2.75) is 78.1 Å². The van der Waals surface area contributed by atoms with Crippen molar-refractivity contribution in [1.29, 1.82) is 0 Å². The van der Waals surface area contributed by atoms with Crippen molar-refractivity contribution < 1.29 is 4.79 Å². The van der Waals surface area contributed by atoms with Crippen LogP contribution in [0.2, 0.25) is 0 Å². The number of H-pyrrole nitrogens is 1. The minimum atomic E-state index is -0.201. The highest BCUT2D eigenvalue weighted by Gasteiger charge is 2.16. The number of carbonyl (C=O) groups is 1. The first kappa shape index (κ1) is 17.7. The molecule has 0 bridgehead atoms. The number of carbonyl (C=O) groups excluding carboxylic acids is 1. The first-order valence-corrected chi connectivity index (χ1v) is 8.36. The SMILES string of the molecule is CCCCCCCCCCCC(=O)c1c(C)[nH]n(C)c1=O. The van der Waals surface area contributed by atoms with Crippen LogP contribution in [0.4, 0.5) is 0 Å². The topological polar surface area (TPSA) is 54.9 Å². The van der Waals surface area contributed by atoms with Crippen LogP contribution >= 0.6 is 0 Å². The molecule has 4 nitrogen and oxygen atoms in total. The van der Waals surface area contributed by atoms with E-state index in [-0.39, 0.29) is 11.3 Å². The maximum atomic E-state index is 12.1. The third kappa shape index (κ3) is 5.90. The van der Waals surface area contributed by atoms with E-state index in [1.807, 2.05) is 0 Å². The Morgan fingerprint density at radius 2 is 1.52 bits per heavy atom. The summed E-state index contributed by atoms with van der Waals surface area (Å²) < 4.78 is 1.37. The second kappa shape index (κ2) is 9.59. The van der Waals surface area contributed by atoms with Crippen LogP contribution in [0.5, 0.6) is 0 Å². The van der Waals surface area contributed by atoms with Crippen LogP contribution in [0.25, 0.3) is 0 Å². The predicted molar refractivity (Wildman–Crippen MR) is 86.9 cm³/mol. The van der Waals surface area contributed by atoms with Gasteiger partial charge in [-0.1, -0.05) is 58.3 Å². The zero-order valence-electron chi connectivity index (χ0n) is 13.8. The Morgan fingerprint density at radius 1 is 1.00 bits per heavy atom. The summed E-state index contributed by atoms with van der Waals surface area (Å²) in [6, 6.07) is 0. The van der Waals surface area contributed by atoms with Gasteiger partial charge in [-0.05, 0) is 13.3 Å². The van der Waals surface area contributed by atoms with Crippen molar-refractivity contribution in [3.63, 3.8) is 0 Å². The molecule has 0 aromatic carbocycles. The number of Topliss-reactive ketones (excluding diaryl/α,β-unsaturated/α-hetero) is 1. The van der Waals surface area contributed by atoms with E-state index in [0.29, 0.717) is 17.7 Å². The Kier molecular flexibility index (Phi) is 8.09. The standard InChI is InChI=1S/C17H30N2O2/c1-4-5-6-7-8-9-10-11-12-13-15(20)16-14(2)18-19(3)17(16)21/h18H,4-13H2,1-3H3. The van der Waals surface area contributed by atoms with Crippen molar-refractivity contribution in [2.24, 2.45) is 7.05 Å². The lowest BCUT2D eigenvalue weighted by atomic mass is 10.0. The van der Waals surface area contributed by atoms with Gasteiger partial charge in [-0.25, -0.2) is 0 Å². The van der Waals surface area contributed by atoms with Crippen LogP contribution in [0, 0.1) is 6.92 Å². The molecular formula is C17H30N2O2. The van der Waals surface area contributed by atoms with E-state index in [1.165, 1.54) is 49.6 Å². The summed E-state index contributed by atoms with van der Waals surface area (Å²) in [4.78, 5) is 23.9. The maximum Gasteiger partial charge on any atom is 0.277 e. The lowest BCUT2D eigenvalue weighted by Crippen LogP contribution is -2.19. The Balaban J connectivity index is 2.16. The molecule has 1 aromatic heterocycles. The summed E-state index contributed by atoms with van der Waals surface area (Å²) in [6.45, 7) is 4.02. The Bertz CT molecular complexity index is 485. The molecule has 0 atom stereocenters. The molecule has 0 aliphatic carbocycles. The minimum absolute atomic E-state index is 0.0164. The van der Waals surface area contributed by atoms with Crippen LogP contribution in [-0.4, -0.2) is 15.6 Å². The van der Waals surface area contributed by atoms with Crippen molar-refractivity contribution in [2.75, 3.05) is 0 Å². The van der Waals surface area contributed by atoms with Crippen LogP contribution in [0.1, 0.15) is 87.2 Å². The fourth-order valence-electron chi connectivity index (χ4n) is 2.74. The molecular weight excluding hydrogens is 264 g/mol. The van der Waals surface area contributed by atoms with E-state index >= 15 is 0 Å². The van der Waals surface area contributed by atoms with E-state index < -0.39 is 0 Å². The quantitative estimate of drug-likeness (QED) is 0.493. The minimum Gasteiger partial charge on any atom is -0.300 e. The number of nitrogens with zero attached hydrogens (tertiary/aromatic N) is 1. The fourth-order valence-corrected chi connectivity index (χ4v) is 2.74. The average molecular weight is 294 g/mol. The molecule has 0 fully saturated rings. The highest BCUT2D eigenvalue weighted by Crippen LogP contribution is 2.12. The highest BCUT2D eigenvalue weighted by molar-refractivity contribution is 5.96.